The Morgan fingerprint density at radius 3 is 2.94 bits per heavy atom. The molecule has 0 aliphatic carbocycles. The summed E-state index contributed by atoms with van der Waals surface area (Å²) in [4.78, 5) is 15.2. The molecule has 2 atom stereocenters. The number of aromatic nitrogens is 1. The van der Waals surface area contributed by atoms with Gasteiger partial charge >= 0.3 is 5.97 Å². The Bertz CT molecular complexity index is 480. The lowest BCUT2D eigenvalue weighted by Gasteiger charge is -2.30. The fourth-order valence-corrected chi connectivity index (χ4v) is 2.12. The SMILES string of the molecule is CC1OCCC1(C)Nc1nc(Cl)ccc1C(=O)O. The number of nitrogens with one attached hydrogen (secondary N) is 1. The lowest BCUT2D eigenvalue weighted by molar-refractivity contribution is 0.0697. The Hall–Kier alpha value is -1.33. The van der Waals surface area contributed by atoms with Crippen molar-refractivity contribution in [3.05, 3.63) is 22.8 Å². The second-order valence-electron chi connectivity index (χ2n) is 4.64. The molecule has 6 heteroatoms. The van der Waals surface area contributed by atoms with Crippen LogP contribution in [0.1, 0.15) is 30.6 Å². The fraction of sp³-hybridized carbons (Fsp3) is 0.500. The number of hydrogen-bond donors (Lipinski definition) is 2. The molecule has 0 aromatic carbocycles. The maximum Gasteiger partial charge on any atom is 0.339 e. The zero-order valence-electron chi connectivity index (χ0n) is 10.2. The van der Waals surface area contributed by atoms with Gasteiger partial charge in [0.25, 0.3) is 0 Å². The molecule has 2 N–H and O–H groups in total. The molecule has 0 amide bonds. The summed E-state index contributed by atoms with van der Waals surface area (Å²) in [5.74, 6) is -0.744. The molecule has 2 unspecified atom stereocenters. The smallest absolute Gasteiger partial charge is 0.339 e. The van der Waals surface area contributed by atoms with Crippen molar-refractivity contribution in [2.45, 2.75) is 31.9 Å². The zero-order valence-corrected chi connectivity index (χ0v) is 11.0. The van der Waals surface area contributed by atoms with Crippen LogP contribution in [-0.2, 0) is 4.74 Å². The lowest BCUT2D eigenvalue weighted by Crippen LogP contribution is -2.42. The third-order valence-electron chi connectivity index (χ3n) is 3.38. The van der Waals surface area contributed by atoms with Crippen molar-refractivity contribution in [2.75, 3.05) is 11.9 Å². The van der Waals surface area contributed by atoms with Crippen molar-refractivity contribution in [1.82, 2.24) is 4.98 Å². The molecular formula is C12H15ClN2O3. The topological polar surface area (TPSA) is 71.5 Å². The van der Waals surface area contributed by atoms with E-state index in [4.69, 9.17) is 21.4 Å². The van der Waals surface area contributed by atoms with E-state index in [9.17, 15) is 4.79 Å². The van der Waals surface area contributed by atoms with Gasteiger partial charge in [-0.05, 0) is 32.4 Å². The minimum absolute atomic E-state index is 0.0140. The number of carboxylic acid groups (broad SMARTS) is 1. The average Bonchev–Trinajstić information content (AvgIpc) is 2.58. The lowest BCUT2D eigenvalue weighted by atomic mass is 9.94. The van der Waals surface area contributed by atoms with Crippen LogP contribution in [0.25, 0.3) is 0 Å². The highest BCUT2D eigenvalue weighted by Crippen LogP contribution is 2.30. The minimum Gasteiger partial charge on any atom is -0.478 e. The minimum atomic E-state index is -1.03. The quantitative estimate of drug-likeness (QED) is 0.826. The van der Waals surface area contributed by atoms with Crippen molar-refractivity contribution in [3.63, 3.8) is 0 Å². The largest absolute Gasteiger partial charge is 0.478 e. The van der Waals surface area contributed by atoms with E-state index in [0.29, 0.717) is 6.61 Å². The van der Waals surface area contributed by atoms with Crippen molar-refractivity contribution < 1.29 is 14.6 Å². The van der Waals surface area contributed by atoms with E-state index < -0.39 is 5.97 Å². The summed E-state index contributed by atoms with van der Waals surface area (Å²) < 4.78 is 5.50. The molecule has 2 rings (SSSR count). The number of anilines is 1. The van der Waals surface area contributed by atoms with E-state index in [-0.39, 0.29) is 28.2 Å². The number of pyridine rings is 1. The van der Waals surface area contributed by atoms with E-state index in [2.05, 4.69) is 10.3 Å². The molecule has 1 aromatic heterocycles. The highest BCUT2D eigenvalue weighted by Gasteiger charge is 2.38. The van der Waals surface area contributed by atoms with Gasteiger partial charge in [0.15, 0.2) is 0 Å². The summed E-state index contributed by atoms with van der Waals surface area (Å²) in [7, 11) is 0. The van der Waals surface area contributed by atoms with Gasteiger partial charge in [0.1, 0.15) is 16.5 Å². The Morgan fingerprint density at radius 2 is 2.39 bits per heavy atom. The molecule has 0 saturated carbocycles. The van der Waals surface area contributed by atoms with E-state index in [0.717, 1.165) is 6.42 Å². The maximum absolute atomic E-state index is 11.1. The predicted molar refractivity (Wildman–Crippen MR) is 68.3 cm³/mol. The first-order valence-electron chi connectivity index (χ1n) is 5.72. The molecule has 2 heterocycles. The van der Waals surface area contributed by atoms with E-state index >= 15 is 0 Å². The summed E-state index contributed by atoms with van der Waals surface area (Å²) >= 11 is 5.81. The van der Waals surface area contributed by atoms with Crippen LogP contribution in [0.2, 0.25) is 5.15 Å². The van der Waals surface area contributed by atoms with Gasteiger partial charge in [-0.1, -0.05) is 11.6 Å². The van der Waals surface area contributed by atoms with Gasteiger partial charge in [-0.25, -0.2) is 9.78 Å². The third kappa shape index (κ3) is 2.42. The standard InChI is InChI=1S/C12H15ClN2O3/c1-7-12(2,5-6-18-7)15-10-8(11(16)17)3-4-9(13)14-10/h3-4,7H,5-6H2,1-2H3,(H,14,15)(H,16,17). The first-order valence-corrected chi connectivity index (χ1v) is 6.10. The van der Waals surface area contributed by atoms with Crippen LogP contribution < -0.4 is 5.32 Å². The predicted octanol–water partition coefficient (Wildman–Crippen LogP) is 2.41. The van der Waals surface area contributed by atoms with E-state index in [1.807, 2.05) is 13.8 Å². The molecule has 0 spiro atoms. The summed E-state index contributed by atoms with van der Waals surface area (Å²) in [5, 5.41) is 12.5. The van der Waals surface area contributed by atoms with Gasteiger partial charge in [-0.3, -0.25) is 0 Å². The van der Waals surface area contributed by atoms with E-state index in [1.54, 1.807) is 0 Å². The summed E-state index contributed by atoms with van der Waals surface area (Å²) in [6.45, 7) is 4.58. The van der Waals surface area contributed by atoms with Crippen LogP contribution in [-0.4, -0.2) is 34.3 Å². The number of ether oxygens (including phenoxy) is 1. The van der Waals surface area contributed by atoms with Crippen molar-refractivity contribution >= 4 is 23.4 Å². The van der Waals surface area contributed by atoms with Gasteiger partial charge < -0.3 is 15.2 Å². The third-order valence-corrected chi connectivity index (χ3v) is 3.59. The molecule has 1 aliphatic rings. The molecule has 0 radical (unpaired) electrons. The number of carbonyl (C=O) groups is 1. The maximum atomic E-state index is 11.1. The highest BCUT2D eigenvalue weighted by molar-refractivity contribution is 6.29. The second kappa shape index (κ2) is 4.74. The molecular weight excluding hydrogens is 256 g/mol. The van der Waals surface area contributed by atoms with Crippen molar-refractivity contribution in [2.24, 2.45) is 0 Å². The Balaban J connectivity index is 2.33. The number of aromatic carboxylic acids is 1. The molecule has 98 valence electrons. The van der Waals surface area contributed by atoms with Gasteiger partial charge in [0.05, 0.1) is 11.6 Å². The van der Waals surface area contributed by atoms with Crippen molar-refractivity contribution in [1.29, 1.82) is 0 Å². The Kier molecular flexibility index (Phi) is 3.45. The molecule has 1 fully saturated rings. The summed E-state index contributed by atoms with van der Waals surface area (Å²) in [6, 6.07) is 2.91. The number of nitrogens with zero attached hydrogens (tertiary/aromatic N) is 1. The number of rotatable bonds is 3. The Labute approximate surface area is 110 Å². The van der Waals surface area contributed by atoms with E-state index in [1.165, 1.54) is 12.1 Å². The number of hydrogen-bond acceptors (Lipinski definition) is 4. The summed E-state index contributed by atoms with van der Waals surface area (Å²) in [6.07, 6.45) is 0.779. The first-order chi connectivity index (χ1) is 8.42. The van der Waals surface area contributed by atoms with Crippen LogP contribution in [0.5, 0.6) is 0 Å². The number of halogens is 1. The highest BCUT2D eigenvalue weighted by atomic mass is 35.5. The zero-order chi connectivity index (χ0) is 13.3. The molecule has 1 aliphatic heterocycles. The van der Waals surface area contributed by atoms with Gasteiger partial charge in [-0.15, -0.1) is 0 Å². The van der Waals surface area contributed by atoms with Gasteiger partial charge in [0, 0.05) is 6.61 Å². The monoisotopic (exact) mass is 270 g/mol. The first kappa shape index (κ1) is 13.1. The van der Waals surface area contributed by atoms with Gasteiger partial charge in [0.2, 0.25) is 0 Å². The fourth-order valence-electron chi connectivity index (χ4n) is 1.97. The second-order valence-corrected chi connectivity index (χ2v) is 5.03. The average molecular weight is 271 g/mol. The summed E-state index contributed by atoms with van der Waals surface area (Å²) in [5.41, 5.74) is -0.221. The molecule has 5 nitrogen and oxygen atoms in total. The molecule has 18 heavy (non-hydrogen) atoms. The molecule has 1 saturated heterocycles. The van der Waals surface area contributed by atoms with Crippen LogP contribution in [0.15, 0.2) is 12.1 Å². The van der Waals surface area contributed by atoms with Crippen LogP contribution >= 0.6 is 11.6 Å². The van der Waals surface area contributed by atoms with Crippen molar-refractivity contribution in [3.8, 4) is 0 Å². The van der Waals surface area contributed by atoms with Crippen LogP contribution in [0.4, 0.5) is 5.82 Å². The molecule has 1 aromatic rings. The normalized spacial score (nSPS) is 27.2. The van der Waals surface area contributed by atoms with Crippen LogP contribution in [0, 0.1) is 0 Å². The Morgan fingerprint density at radius 1 is 1.67 bits per heavy atom. The van der Waals surface area contributed by atoms with Gasteiger partial charge in [-0.2, -0.15) is 0 Å². The van der Waals surface area contributed by atoms with Crippen LogP contribution in [0.3, 0.4) is 0 Å². The number of carboxylic acids is 1. The molecule has 0 bridgehead atoms.